The highest BCUT2D eigenvalue weighted by molar-refractivity contribution is 7.11. The Morgan fingerprint density at radius 1 is 1.50 bits per heavy atom. The molecule has 0 aliphatic carbocycles. The number of nitrogen functional groups attached to an aromatic ring is 1. The van der Waals surface area contributed by atoms with Crippen LogP contribution in [0, 0.1) is 17.0 Å². The first-order chi connectivity index (χ1) is 8.56. The Morgan fingerprint density at radius 2 is 2.28 bits per heavy atom. The van der Waals surface area contributed by atoms with Crippen molar-refractivity contribution >= 4 is 28.8 Å². The van der Waals surface area contributed by atoms with Crippen LogP contribution in [0.25, 0.3) is 0 Å². The zero-order valence-corrected chi connectivity index (χ0v) is 10.3. The van der Waals surface area contributed by atoms with E-state index in [0.717, 1.165) is 16.1 Å². The van der Waals surface area contributed by atoms with E-state index < -0.39 is 4.92 Å². The smallest absolute Gasteiger partial charge is 0.329 e. The fourth-order valence-electron chi connectivity index (χ4n) is 1.31. The van der Waals surface area contributed by atoms with Crippen LogP contribution >= 0.6 is 11.3 Å². The van der Waals surface area contributed by atoms with Gasteiger partial charge in [0.25, 0.3) is 0 Å². The lowest BCUT2D eigenvalue weighted by Gasteiger charge is -2.04. The van der Waals surface area contributed by atoms with Gasteiger partial charge in [0.15, 0.2) is 0 Å². The van der Waals surface area contributed by atoms with E-state index in [-0.39, 0.29) is 17.5 Å². The molecule has 0 aliphatic heterocycles. The van der Waals surface area contributed by atoms with Gasteiger partial charge in [-0.25, -0.2) is 9.97 Å². The summed E-state index contributed by atoms with van der Waals surface area (Å²) >= 11 is 1.51. The molecular formula is C9H10N6O2S. The van der Waals surface area contributed by atoms with Crippen molar-refractivity contribution in [1.29, 1.82) is 0 Å². The molecule has 0 aliphatic rings. The standard InChI is InChI=1S/C9H10N6O2S/c1-5-11-2-6(18-5)3-12-8-7(15(16)17)4-13-9(10)14-8/h2,4H,3H2,1H3,(H3,10,12,13,14). The molecule has 18 heavy (non-hydrogen) atoms. The lowest BCUT2D eigenvalue weighted by Crippen LogP contribution is -2.06. The summed E-state index contributed by atoms with van der Waals surface area (Å²) in [7, 11) is 0. The number of nitro groups is 1. The Kier molecular flexibility index (Phi) is 3.33. The van der Waals surface area contributed by atoms with E-state index in [0.29, 0.717) is 6.54 Å². The number of thiazole rings is 1. The molecule has 0 saturated carbocycles. The zero-order chi connectivity index (χ0) is 13.1. The van der Waals surface area contributed by atoms with Gasteiger partial charge < -0.3 is 11.1 Å². The van der Waals surface area contributed by atoms with Crippen LogP contribution in [-0.4, -0.2) is 19.9 Å². The molecule has 0 spiro atoms. The van der Waals surface area contributed by atoms with Gasteiger partial charge in [-0.2, -0.15) is 4.98 Å². The number of anilines is 2. The van der Waals surface area contributed by atoms with Crippen LogP contribution in [0.3, 0.4) is 0 Å². The SMILES string of the molecule is Cc1ncc(CNc2nc(N)ncc2[N+](=O)[O-])s1. The van der Waals surface area contributed by atoms with Gasteiger partial charge in [0.05, 0.1) is 16.5 Å². The molecular weight excluding hydrogens is 256 g/mol. The Labute approximate surface area is 106 Å². The molecule has 94 valence electrons. The van der Waals surface area contributed by atoms with Gasteiger partial charge in [0, 0.05) is 11.1 Å². The predicted octanol–water partition coefficient (Wildman–Crippen LogP) is 1.34. The van der Waals surface area contributed by atoms with Gasteiger partial charge in [0.2, 0.25) is 11.8 Å². The lowest BCUT2D eigenvalue weighted by atomic mass is 10.4. The van der Waals surface area contributed by atoms with Crippen molar-refractivity contribution in [3.05, 3.63) is 32.4 Å². The summed E-state index contributed by atoms with van der Waals surface area (Å²) in [6.45, 7) is 2.29. The van der Waals surface area contributed by atoms with Gasteiger partial charge in [-0.1, -0.05) is 0 Å². The maximum absolute atomic E-state index is 10.8. The van der Waals surface area contributed by atoms with E-state index in [1.807, 2.05) is 6.92 Å². The second-order valence-electron chi connectivity index (χ2n) is 3.42. The van der Waals surface area contributed by atoms with Gasteiger partial charge in [-0.15, -0.1) is 11.3 Å². The maximum atomic E-state index is 10.8. The predicted molar refractivity (Wildman–Crippen MR) is 67.3 cm³/mol. The first-order valence-corrected chi connectivity index (χ1v) is 5.80. The van der Waals surface area contributed by atoms with Crippen LogP contribution in [-0.2, 0) is 6.54 Å². The van der Waals surface area contributed by atoms with Crippen molar-refractivity contribution in [2.75, 3.05) is 11.1 Å². The molecule has 2 heterocycles. The van der Waals surface area contributed by atoms with Gasteiger partial charge in [0.1, 0.15) is 6.20 Å². The molecule has 2 aromatic heterocycles. The highest BCUT2D eigenvalue weighted by Crippen LogP contribution is 2.22. The third kappa shape index (κ3) is 2.69. The van der Waals surface area contributed by atoms with Crippen molar-refractivity contribution in [2.24, 2.45) is 0 Å². The number of nitrogens with zero attached hydrogens (tertiary/aromatic N) is 4. The van der Waals surface area contributed by atoms with Crippen LogP contribution in [0.4, 0.5) is 17.5 Å². The summed E-state index contributed by atoms with van der Waals surface area (Å²) in [6.07, 6.45) is 2.80. The number of rotatable bonds is 4. The van der Waals surface area contributed by atoms with E-state index in [9.17, 15) is 10.1 Å². The third-order valence-electron chi connectivity index (χ3n) is 2.08. The lowest BCUT2D eigenvalue weighted by molar-refractivity contribution is -0.384. The van der Waals surface area contributed by atoms with Gasteiger partial charge >= 0.3 is 5.69 Å². The first-order valence-electron chi connectivity index (χ1n) is 4.98. The van der Waals surface area contributed by atoms with E-state index >= 15 is 0 Å². The second kappa shape index (κ2) is 4.92. The zero-order valence-electron chi connectivity index (χ0n) is 9.45. The number of nitrogens with one attached hydrogen (secondary N) is 1. The molecule has 0 amide bonds. The molecule has 0 saturated heterocycles. The van der Waals surface area contributed by atoms with Crippen LogP contribution in [0.5, 0.6) is 0 Å². The molecule has 2 rings (SSSR count). The summed E-state index contributed by atoms with van der Waals surface area (Å²) in [5, 5.41) is 14.6. The molecule has 0 unspecified atom stereocenters. The molecule has 2 aromatic rings. The largest absolute Gasteiger partial charge is 0.368 e. The molecule has 0 aromatic carbocycles. The summed E-state index contributed by atoms with van der Waals surface area (Å²) in [5.41, 5.74) is 5.20. The van der Waals surface area contributed by atoms with Crippen molar-refractivity contribution in [1.82, 2.24) is 15.0 Å². The highest BCUT2D eigenvalue weighted by Gasteiger charge is 2.16. The fourth-order valence-corrected chi connectivity index (χ4v) is 2.05. The second-order valence-corrected chi connectivity index (χ2v) is 4.74. The van der Waals surface area contributed by atoms with Crippen molar-refractivity contribution in [3.8, 4) is 0 Å². The van der Waals surface area contributed by atoms with Crippen molar-refractivity contribution < 1.29 is 4.92 Å². The minimum absolute atomic E-state index is 0.0106. The number of hydrogen-bond donors (Lipinski definition) is 2. The Hall–Kier alpha value is -2.29. The quantitative estimate of drug-likeness (QED) is 0.632. The molecule has 0 fully saturated rings. The summed E-state index contributed by atoms with van der Waals surface area (Å²) in [4.78, 5) is 22.7. The van der Waals surface area contributed by atoms with Gasteiger partial charge in [-0.05, 0) is 6.92 Å². The first kappa shape index (κ1) is 12.2. The van der Waals surface area contributed by atoms with Gasteiger partial charge in [-0.3, -0.25) is 10.1 Å². The Morgan fingerprint density at radius 3 is 2.89 bits per heavy atom. The van der Waals surface area contributed by atoms with Crippen LogP contribution in [0.15, 0.2) is 12.4 Å². The number of aromatic nitrogens is 3. The maximum Gasteiger partial charge on any atom is 0.329 e. The topological polar surface area (TPSA) is 120 Å². The number of hydrogen-bond acceptors (Lipinski definition) is 8. The van der Waals surface area contributed by atoms with E-state index in [2.05, 4.69) is 20.3 Å². The minimum atomic E-state index is -0.556. The minimum Gasteiger partial charge on any atom is -0.368 e. The van der Waals surface area contributed by atoms with E-state index in [4.69, 9.17) is 5.73 Å². The van der Waals surface area contributed by atoms with E-state index in [1.165, 1.54) is 11.3 Å². The third-order valence-corrected chi connectivity index (χ3v) is 3.00. The number of aryl methyl sites for hydroxylation is 1. The van der Waals surface area contributed by atoms with E-state index in [1.54, 1.807) is 6.20 Å². The average Bonchev–Trinajstić information content (AvgIpc) is 2.72. The Balaban J connectivity index is 2.17. The highest BCUT2D eigenvalue weighted by atomic mass is 32.1. The van der Waals surface area contributed by atoms with Crippen LogP contribution in [0.1, 0.15) is 9.88 Å². The van der Waals surface area contributed by atoms with Crippen LogP contribution < -0.4 is 11.1 Å². The fraction of sp³-hybridized carbons (Fsp3) is 0.222. The summed E-state index contributed by atoms with van der Waals surface area (Å²) in [6, 6.07) is 0. The monoisotopic (exact) mass is 266 g/mol. The van der Waals surface area contributed by atoms with Crippen molar-refractivity contribution in [2.45, 2.75) is 13.5 Å². The molecule has 0 bridgehead atoms. The average molecular weight is 266 g/mol. The van der Waals surface area contributed by atoms with Crippen molar-refractivity contribution in [3.63, 3.8) is 0 Å². The molecule has 3 N–H and O–H groups in total. The summed E-state index contributed by atoms with van der Waals surface area (Å²) < 4.78 is 0. The molecule has 8 nitrogen and oxygen atoms in total. The molecule has 0 radical (unpaired) electrons. The number of nitrogens with two attached hydrogens (primary N) is 1. The summed E-state index contributed by atoms with van der Waals surface area (Å²) in [5.74, 6) is 0.0992. The Bertz CT molecular complexity index is 584. The molecule has 0 atom stereocenters. The van der Waals surface area contributed by atoms with Crippen LogP contribution in [0.2, 0.25) is 0 Å². The molecule has 9 heteroatoms. The normalized spacial score (nSPS) is 10.3.